The number of aliphatic imine (C=N–C) groups is 1. The average Bonchev–Trinajstić information content (AvgIpc) is 3.25. The van der Waals surface area contributed by atoms with E-state index in [1.54, 1.807) is 48.1 Å². The first-order chi connectivity index (χ1) is 13.2. The van der Waals surface area contributed by atoms with E-state index >= 15 is 0 Å². The maximum Gasteiger partial charge on any atom is 0.126 e. The van der Waals surface area contributed by atoms with Gasteiger partial charge in [0.1, 0.15) is 16.2 Å². The van der Waals surface area contributed by atoms with E-state index in [1.165, 1.54) is 0 Å². The van der Waals surface area contributed by atoms with Gasteiger partial charge in [-0.15, -0.1) is 5.10 Å². The first kappa shape index (κ1) is 17.7. The van der Waals surface area contributed by atoms with Crippen LogP contribution in [-0.2, 0) is 5.60 Å². The quantitative estimate of drug-likeness (QED) is 0.635. The van der Waals surface area contributed by atoms with Gasteiger partial charge in [-0.05, 0) is 40.0 Å². The monoisotopic (exact) mass is 424 g/mol. The van der Waals surface area contributed by atoms with Gasteiger partial charge in [-0.1, -0.05) is 23.4 Å². The molecular formula is C19H17BrN6O. The van der Waals surface area contributed by atoms with Crippen LogP contribution in [0.5, 0.6) is 0 Å². The predicted molar refractivity (Wildman–Crippen MR) is 104 cm³/mol. The summed E-state index contributed by atoms with van der Waals surface area (Å²) in [6, 6.07) is 6.88. The highest BCUT2D eigenvalue weighted by molar-refractivity contribution is 9.10. The van der Waals surface area contributed by atoms with Crippen molar-refractivity contribution in [2.75, 3.05) is 0 Å². The normalized spacial score (nSPS) is 19.6. The molecule has 0 aliphatic carbocycles. The molecule has 3 unspecified atom stereocenters. The van der Waals surface area contributed by atoms with E-state index in [-0.39, 0.29) is 5.92 Å². The van der Waals surface area contributed by atoms with Gasteiger partial charge in [0.05, 0.1) is 6.20 Å². The third-order valence-corrected chi connectivity index (χ3v) is 5.19. The van der Waals surface area contributed by atoms with Crippen LogP contribution in [0.3, 0.4) is 0 Å². The summed E-state index contributed by atoms with van der Waals surface area (Å²) in [6.45, 7) is 0. The van der Waals surface area contributed by atoms with Crippen molar-refractivity contribution in [3.8, 4) is 0 Å². The molecule has 0 radical (unpaired) electrons. The predicted octanol–water partition coefficient (Wildman–Crippen LogP) is 2.91. The van der Waals surface area contributed by atoms with Crippen molar-refractivity contribution in [1.29, 1.82) is 0 Å². The van der Waals surface area contributed by atoms with Crippen molar-refractivity contribution < 1.29 is 5.11 Å². The zero-order chi connectivity index (χ0) is 18.7. The lowest BCUT2D eigenvalue weighted by Crippen LogP contribution is -2.45. The van der Waals surface area contributed by atoms with E-state index in [2.05, 4.69) is 41.2 Å². The first-order valence-corrected chi connectivity index (χ1v) is 9.27. The number of halogens is 1. The number of aromatic nitrogens is 5. The Morgan fingerprint density at radius 1 is 1.22 bits per heavy atom. The smallest absolute Gasteiger partial charge is 0.126 e. The molecule has 3 aromatic heterocycles. The van der Waals surface area contributed by atoms with Crippen LogP contribution in [0, 0.1) is 5.92 Å². The molecule has 0 saturated heterocycles. The zero-order valence-corrected chi connectivity index (χ0v) is 15.9. The third-order valence-electron chi connectivity index (χ3n) is 4.73. The Bertz CT molecular complexity index is 942. The van der Waals surface area contributed by atoms with Crippen LogP contribution >= 0.6 is 15.9 Å². The Balaban J connectivity index is 1.93. The number of hydrogen-bond acceptors (Lipinski definition) is 6. The second kappa shape index (κ2) is 7.50. The van der Waals surface area contributed by atoms with Gasteiger partial charge in [0.25, 0.3) is 0 Å². The fourth-order valence-electron chi connectivity index (χ4n) is 3.46. The summed E-state index contributed by atoms with van der Waals surface area (Å²) >= 11 is 3.37. The number of nitrogens with zero attached hydrogens (tertiary/aromatic N) is 6. The molecule has 1 N–H and O–H groups in total. The molecule has 136 valence electrons. The molecule has 3 atom stereocenters. The van der Waals surface area contributed by atoms with Crippen LogP contribution in [0.25, 0.3) is 0 Å². The minimum atomic E-state index is -1.36. The van der Waals surface area contributed by atoms with E-state index < -0.39 is 11.6 Å². The topological polar surface area (TPSA) is 89.1 Å². The van der Waals surface area contributed by atoms with Gasteiger partial charge in [-0.3, -0.25) is 9.98 Å². The van der Waals surface area contributed by atoms with E-state index in [4.69, 9.17) is 0 Å². The molecule has 7 nitrogen and oxygen atoms in total. The molecule has 4 heterocycles. The van der Waals surface area contributed by atoms with Crippen molar-refractivity contribution in [2.24, 2.45) is 10.9 Å². The standard InChI is InChI=1S/C19H17BrN6O/c20-17-6-5-14(11-23-17)18(26-10-9-24-25-26)19(27,15-3-1-7-21-12-15)16-4-2-8-22-13-16/h1-3,5-13,16,18,27H,4H2. The molecule has 0 amide bonds. The number of hydrogen-bond donors (Lipinski definition) is 1. The summed E-state index contributed by atoms with van der Waals surface area (Å²) in [4.78, 5) is 12.8. The molecule has 4 rings (SSSR count). The number of aliphatic hydroxyl groups is 1. The second-order valence-electron chi connectivity index (χ2n) is 6.29. The van der Waals surface area contributed by atoms with Crippen LogP contribution in [0.15, 0.2) is 77.1 Å². The molecule has 1 aliphatic rings. The first-order valence-electron chi connectivity index (χ1n) is 8.48. The Labute approximate surface area is 164 Å². The van der Waals surface area contributed by atoms with Crippen molar-refractivity contribution >= 4 is 22.1 Å². The fourth-order valence-corrected chi connectivity index (χ4v) is 3.70. The van der Waals surface area contributed by atoms with Gasteiger partial charge in [0.2, 0.25) is 0 Å². The van der Waals surface area contributed by atoms with Crippen molar-refractivity contribution in [3.05, 3.63) is 83.3 Å². The summed E-state index contributed by atoms with van der Waals surface area (Å²) in [5.41, 5.74) is 0.129. The van der Waals surface area contributed by atoms with Gasteiger partial charge >= 0.3 is 0 Å². The fraction of sp³-hybridized carbons (Fsp3) is 0.211. The SMILES string of the molecule is OC(c1cccnc1)(C1C=NC=CC1)C(c1ccc(Br)nc1)n1ccnn1. The van der Waals surface area contributed by atoms with Crippen LogP contribution in [0.4, 0.5) is 0 Å². The Morgan fingerprint density at radius 3 is 2.78 bits per heavy atom. The summed E-state index contributed by atoms with van der Waals surface area (Å²) in [5.74, 6) is -0.274. The molecule has 0 spiro atoms. The van der Waals surface area contributed by atoms with Gasteiger partial charge in [-0.2, -0.15) is 0 Å². The minimum Gasteiger partial charge on any atom is -0.382 e. The highest BCUT2D eigenvalue weighted by atomic mass is 79.9. The van der Waals surface area contributed by atoms with E-state index in [0.717, 1.165) is 10.2 Å². The maximum absolute atomic E-state index is 12.2. The van der Waals surface area contributed by atoms with Crippen LogP contribution < -0.4 is 0 Å². The van der Waals surface area contributed by atoms with E-state index in [1.807, 2.05) is 30.3 Å². The molecule has 0 aromatic carbocycles. The molecule has 1 aliphatic heterocycles. The summed E-state index contributed by atoms with van der Waals surface area (Å²) in [5, 5.41) is 20.3. The van der Waals surface area contributed by atoms with Gasteiger partial charge < -0.3 is 5.11 Å². The van der Waals surface area contributed by atoms with Crippen molar-refractivity contribution in [3.63, 3.8) is 0 Å². The molecule has 0 saturated carbocycles. The number of allylic oxidation sites excluding steroid dienone is 1. The summed E-state index contributed by atoms with van der Waals surface area (Å²) < 4.78 is 2.38. The molecule has 8 heteroatoms. The summed E-state index contributed by atoms with van der Waals surface area (Å²) in [6.07, 6.45) is 14.5. The number of pyridine rings is 2. The third kappa shape index (κ3) is 3.33. The molecule has 3 aromatic rings. The molecular weight excluding hydrogens is 408 g/mol. The lowest BCUT2D eigenvalue weighted by atomic mass is 9.73. The van der Waals surface area contributed by atoms with Gasteiger partial charge in [0, 0.05) is 48.7 Å². The molecule has 0 bridgehead atoms. The van der Waals surface area contributed by atoms with Crippen LogP contribution in [0.1, 0.15) is 23.6 Å². The zero-order valence-electron chi connectivity index (χ0n) is 14.3. The van der Waals surface area contributed by atoms with Crippen molar-refractivity contribution in [1.82, 2.24) is 25.0 Å². The van der Waals surface area contributed by atoms with Gasteiger partial charge in [0.15, 0.2) is 0 Å². The summed E-state index contributed by atoms with van der Waals surface area (Å²) in [7, 11) is 0. The minimum absolute atomic E-state index is 0.274. The average molecular weight is 425 g/mol. The Morgan fingerprint density at radius 2 is 2.15 bits per heavy atom. The largest absolute Gasteiger partial charge is 0.382 e. The molecule has 27 heavy (non-hydrogen) atoms. The maximum atomic E-state index is 12.2. The lowest BCUT2D eigenvalue weighted by molar-refractivity contribution is -0.0377. The Hall–Kier alpha value is -2.71. The highest BCUT2D eigenvalue weighted by Gasteiger charge is 2.47. The lowest BCUT2D eigenvalue weighted by Gasteiger charge is -2.41. The van der Waals surface area contributed by atoms with E-state index in [0.29, 0.717) is 12.0 Å². The highest BCUT2D eigenvalue weighted by Crippen LogP contribution is 2.44. The molecule has 0 fully saturated rings. The Kier molecular flexibility index (Phi) is 4.91. The van der Waals surface area contributed by atoms with Gasteiger partial charge in [-0.25, -0.2) is 9.67 Å². The van der Waals surface area contributed by atoms with E-state index in [9.17, 15) is 5.11 Å². The van der Waals surface area contributed by atoms with Crippen LogP contribution in [-0.4, -0.2) is 36.3 Å². The number of rotatable bonds is 5. The van der Waals surface area contributed by atoms with Crippen LogP contribution in [0.2, 0.25) is 0 Å². The second-order valence-corrected chi connectivity index (χ2v) is 7.10. The van der Waals surface area contributed by atoms with Crippen molar-refractivity contribution in [2.45, 2.75) is 18.1 Å².